The van der Waals surface area contributed by atoms with Gasteiger partial charge in [-0.05, 0) is 35.7 Å². The van der Waals surface area contributed by atoms with E-state index >= 15 is 0 Å². The first-order chi connectivity index (χ1) is 9.24. The van der Waals surface area contributed by atoms with Gasteiger partial charge in [-0.2, -0.15) is 0 Å². The van der Waals surface area contributed by atoms with Crippen molar-refractivity contribution < 1.29 is 4.79 Å². The Kier molecular flexibility index (Phi) is 4.50. The van der Waals surface area contributed by atoms with Crippen LogP contribution < -0.4 is 11.1 Å². The minimum Gasteiger partial charge on any atom is -0.399 e. The van der Waals surface area contributed by atoms with Crippen LogP contribution in [0.2, 0.25) is 0 Å². The van der Waals surface area contributed by atoms with Crippen molar-refractivity contribution in [1.82, 2.24) is 10.3 Å². The molecule has 3 N–H and O–H groups in total. The molecule has 0 aliphatic carbocycles. The van der Waals surface area contributed by atoms with Gasteiger partial charge in [-0.1, -0.05) is 18.2 Å². The van der Waals surface area contributed by atoms with Crippen LogP contribution in [0.15, 0.2) is 48.8 Å². The molecule has 2 aromatic rings. The zero-order chi connectivity index (χ0) is 13.5. The molecule has 19 heavy (non-hydrogen) atoms. The molecule has 1 aromatic carbocycles. The summed E-state index contributed by atoms with van der Waals surface area (Å²) in [7, 11) is 0. The van der Waals surface area contributed by atoms with Crippen LogP contribution in [0.4, 0.5) is 5.69 Å². The third kappa shape index (κ3) is 4.43. The van der Waals surface area contributed by atoms with Gasteiger partial charge in [0.2, 0.25) is 5.91 Å². The Balaban J connectivity index is 1.74. The standard InChI is InChI=1S/C15H17N3O/c16-14-5-3-12(4-6-14)10-15(19)18-9-7-13-2-1-8-17-11-13/h1-6,8,11H,7,9-10,16H2,(H,18,19). The lowest BCUT2D eigenvalue weighted by Crippen LogP contribution is -2.27. The third-order valence-electron chi connectivity index (χ3n) is 2.80. The lowest BCUT2D eigenvalue weighted by atomic mass is 10.1. The average Bonchev–Trinajstić information content (AvgIpc) is 2.43. The highest BCUT2D eigenvalue weighted by Gasteiger charge is 2.02. The van der Waals surface area contributed by atoms with Gasteiger partial charge in [-0.15, -0.1) is 0 Å². The number of hydrogen-bond acceptors (Lipinski definition) is 3. The van der Waals surface area contributed by atoms with Crippen LogP contribution in [0.25, 0.3) is 0 Å². The van der Waals surface area contributed by atoms with E-state index in [4.69, 9.17) is 5.73 Å². The van der Waals surface area contributed by atoms with E-state index in [0.717, 1.165) is 17.5 Å². The van der Waals surface area contributed by atoms with E-state index in [9.17, 15) is 4.79 Å². The number of aromatic nitrogens is 1. The maximum atomic E-state index is 11.7. The van der Waals surface area contributed by atoms with Gasteiger partial charge in [0.1, 0.15) is 0 Å². The SMILES string of the molecule is Nc1ccc(CC(=O)NCCc2cccnc2)cc1. The van der Waals surface area contributed by atoms with Gasteiger partial charge in [0.25, 0.3) is 0 Å². The molecular weight excluding hydrogens is 238 g/mol. The van der Waals surface area contributed by atoms with E-state index in [1.807, 2.05) is 30.5 Å². The van der Waals surface area contributed by atoms with Crippen LogP contribution in [-0.4, -0.2) is 17.4 Å². The molecule has 0 saturated heterocycles. The fraction of sp³-hybridized carbons (Fsp3) is 0.200. The number of hydrogen-bond donors (Lipinski definition) is 2. The minimum absolute atomic E-state index is 0.0219. The summed E-state index contributed by atoms with van der Waals surface area (Å²) in [5.41, 5.74) is 8.39. The number of anilines is 1. The van der Waals surface area contributed by atoms with Gasteiger partial charge >= 0.3 is 0 Å². The quantitative estimate of drug-likeness (QED) is 0.797. The van der Waals surface area contributed by atoms with Gasteiger partial charge in [-0.25, -0.2) is 0 Å². The van der Waals surface area contributed by atoms with Crippen LogP contribution in [-0.2, 0) is 17.6 Å². The Morgan fingerprint density at radius 3 is 2.63 bits per heavy atom. The van der Waals surface area contributed by atoms with Gasteiger partial charge < -0.3 is 11.1 Å². The predicted molar refractivity (Wildman–Crippen MR) is 75.5 cm³/mol. The highest BCUT2D eigenvalue weighted by Crippen LogP contribution is 2.05. The summed E-state index contributed by atoms with van der Waals surface area (Å²) in [5, 5.41) is 2.90. The van der Waals surface area contributed by atoms with E-state index in [-0.39, 0.29) is 5.91 Å². The molecule has 4 heteroatoms. The van der Waals surface area contributed by atoms with Crippen LogP contribution in [0.3, 0.4) is 0 Å². The van der Waals surface area contributed by atoms with Crippen molar-refractivity contribution in [3.05, 3.63) is 59.9 Å². The normalized spacial score (nSPS) is 10.1. The topological polar surface area (TPSA) is 68.0 Å². The number of nitrogens with two attached hydrogens (primary N) is 1. The van der Waals surface area contributed by atoms with Crippen molar-refractivity contribution in [3.8, 4) is 0 Å². The Hall–Kier alpha value is -2.36. The van der Waals surface area contributed by atoms with Crippen molar-refractivity contribution in [2.45, 2.75) is 12.8 Å². The van der Waals surface area contributed by atoms with Crippen molar-refractivity contribution in [1.29, 1.82) is 0 Å². The molecular formula is C15H17N3O. The average molecular weight is 255 g/mol. The summed E-state index contributed by atoms with van der Waals surface area (Å²) < 4.78 is 0. The molecule has 0 atom stereocenters. The molecule has 1 heterocycles. The van der Waals surface area contributed by atoms with E-state index in [0.29, 0.717) is 18.7 Å². The molecule has 1 aromatic heterocycles. The molecule has 0 aliphatic rings. The first-order valence-electron chi connectivity index (χ1n) is 6.24. The Morgan fingerprint density at radius 2 is 1.95 bits per heavy atom. The lowest BCUT2D eigenvalue weighted by molar-refractivity contribution is -0.120. The smallest absolute Gasteiger partial charge is 0.224 e. The number of carbonyl (C=O) groups is 1. The van der Waals surface area contributed by atoms with Crippen LogP contribution in [0.5, 0.6) is 0 Å². The second kappa shape index (κ2) is 6.54. The number of nitrogen functional groups attached to an aromatic ring is 1. The van der Waals surface area contributed by atoms with Crippen LogP contribution in [0, 0.1) is 0 Å². The summed E-state index contributed by atoms with van der Waals surface area (Å²) in [6, 6.07) is 11.2. The first-order valence-corrected chi connectivity index (χ1v) is 6.24. The molecule has 4 nitrogen and oxygen atoms in total. The summed E-state index contributed by atoms with van der Waals surface area (Å²) in [4.78, 5) is 15.8. The highest BCUT2D eigenvalue weighted by atomic mass is 16.1. The summed E-state index contributed by atoms with van der Waals surface area (Å²) >= 11 is 0. The summed E-state index contributed by atoms with van der Waals surface area (Å²) in [5.74, 6) is 0.0219. The maximum absolute atomic E-state index is 11.7. The second-order valence-corrected chi connectivity index (χ2v) is 4.38. The molecule has 0 unspecified atom stereocenters. The molecule has 1 amide bonds. The number of benzene rings is 1. The van der Waals surface area contributed by atoms with Crippen LogP contribution >= 0.6 is 0 Å². The number of pyridine rings is 1. The Bertz CT molecular complexity index is 523. The zero-order valence-corrected chi connectivity index (χ0v) is 10.7. The number of carbonyl (C=O) groups excluding carboxylic acids is 1. The monoisotopic (exact) mass is 255 g/mol. The van der Waals surface area contributed by atoms with E-state index in [1.54, 1.807) is 18.3 Å². The fourth-order valence-electron chi connectivity index (χ4n) is 1.78. The highest BCUT2D eigenvalue weighted by molar-refractivity contribution is 5.78. The second-order valence-electron chi connectivity index (χ2n) is 4.38. The van der Waals surface area contributed by atoms with Crippen molar-refractivity contribution >= 4 is 11.6 Å². The van der Waals surface area contributed by atoms with Crippen LogP contribution in [0.1, 0.15) is 11.1 Å². The molecule has 0 spiro atoms. The van der Waals surface area contributed by atoms with Crippen molar-refractivity contribution in [3.63, 3.8) is 0 Å². The van der Waals surface area contributed by atoms with Crippen molar-refractivity contribution in [2.75, 3.05) is 12.3 Å². The molecule has 98 valence electrons. The molecule has 0 aliphatic heterocycles. The maximum Gasteiger partial charge on any atom is 0.224 e. The third-order valence-corrected chi connectivity index (χ3v) is 2.80. The van der Waals surface area contributed by atoms with Gasteiger partial charge in [0, 0.05) is 24.6 Å². The number of nitrogens with one attached hydrogen (secondary N) is 1. The van der Waals surface area contributed by atoms with E-state index in [2.05, 4.69) is 10.3 Å². The molecule has 0 saturated carbocycles. The van der Waals surface area contributed by atoms with Gasteiger partial charge in [0.15, 0.2) is 0 Å². The molecule has 0 radical (unpaired) electrons. The molecule has 0 bridgehead atoms. The lowest BCUT2D eigenvalue weighted by Gasteiger charge is -2.05. The summed E-state index contributed by atoms with van der Waals surface area (Å²) in [6.07, 6.45) is 4.73. The first kappa shape index (κ1) is 13.1. The number of nitrogens with zero attached hydrogens (tertiary/aromatic N) is 1. The van der Waals surface area contributed by atoms with E-state index in [1.165, 1.54) is 0 Å². The zero-order valence-electron chi connectivity index (χ0n) is 10.7. The predicted octanol–water partition coefficient (Wildman–Crippen LogP) is 1.57. The summed E-state index contributed by atoms with van der Waals surface area (Å²) in [6.45, 7) is 0.625. The van der Waals surface area contributed by atoms with E-state index < -0.39 is 0 Å². The minimum atomic E-state index is 0.0219. The molecule has 0 fully saturated rings. The van der Waals surface area contributed by atoms with Crippen molar-refractivity contribution in [2.24, 2.45) is 0 Å². The Morgan fingerprint density at radius 1 is 1.16 bits per heavy atom. The Labute approximate surface area is 112 Å². The van der Waals surface area contributed by atoms with Gasteiger partial charge in [-0.3, -0.25) is 9.78 Å². The number of rotatable bonds is 5. The largest absolute Gasteiger partial charge is 0.399 e. The number of amides is 1. The molecule has 2 rings (SSSR count). The van der Waals surface area contributed by atoms with Gasteiger partial charge in [0.05, 0.1) is 6.42 Å². The fourth-order valence-corrected chi connectivity index (χ4v) is 1.78.